The second-order valence-corrected chi connectivity index (χ2v) is 4.98. The van der Waals surface area contributed by atoms with E-state index in [0.717, 1.165) is 0 Å². The van der Waals surface area contributed by atoms with Crippen LogP contribution in [0.1, 0.15) is 20.7 Å². The number of carbonyl (C=O) groups excluding carboxylic acids is 1. The smallest absolute Gasteiger partial charge is 0.338 e. The molecule has 0 fully saturated rings. The molecular weight excluding hydrogens is 377 g/mol. The van der Waals surface area contributed by atoms with Gasteiger partial charge in [0, 0.05) is 0 Å². The van der Waals surface area contributed by atoms with Crippen LogP contribution in [0.15, 0.2) is 24.3 Å². The minimum absolute atomic E-state index is 0.377. The van der Waals surface area contributed by atoms with Gasteiger partial charge in [-0.25, -0.2) is 22.4 Å². The number of hydrogen-bond acceptors (Lipinski definition) is 2. The topological polar surface area (TPSA) is 80.4 Å². The molecule has 0 aromatic heterocycles. The van der Waals surface area contributed by atoms with Crippen LogP contribution in [0.25, 0.3) is 0 Å². The Morgan fingerprint density at radius 3 is 1.54 bits per heavy atom. The minimum Gasteiger partial charge on any atom is -0.478 e. The Morgan fingerprint density at radius 2 is 1.17 bits per heavy atom. The molecule has 0 atom stereocenters. The third-order valence-corrected chi connectivity index (χ3v) is 3.10. The highest BCUT2D eigenvalue weighted by Crippen LogP contribution is 2.19. The molecule has 0 heterocycles. The molecule has 0 saturated heterocycles. The third kappa shape index (κ3) is 4.84. The fourth-order valence-corrected chi connectivity index (χ4v) is 1.70. The lowest BCUT2D eigenvalue weighted by Crippen LogP contribution is -2.13. The maximum absolute atomic E-state index is 12.7. The van der Waals surface area contributed by atoms with Crippen LogP contribution >= 0.6 is 23.2 Å². The molecule has 10 heteroatoms. The van der Waals surface area contributed by atoms with Gasteiger partial charge in [0.15, 0.2) is 0 Å². The van der Waals surface area contributed by atoms with Crippen molar-refractivity contribution >= 4 is 35.1 Å². The Kier molecular flexibility index (Phi) is 6.56. The van der Waals surface area contributed by atoms with Gasteiger partial charge >= 0.3 is 5.97 Å². The molecule has 0 spiro atoms. The largest absolute Gasteiger partial charge is 0.478 e. The normalized spacial score (nSPS) is 9.92. The fourth-order valence-electron chi connectivity index (χ4n) is 1.40. The lowest BCUT2D eigenvalue weighted by molar-refractivity contribution is 0.0691. The van der Waals surface area contributed by atoms with Crippen molar-refractivity contribution in [3.8, 4) is 0 Å². The van der Waals surface area contributed by atoms with E-state index in [9.17, 15) is 27.2 Å². The number of primary amides is 1. The number of amides is 1. The van der Waals surface area contributed by atoms with Gasteiger partial charge in [0.25, 0.3) is 5.91 Å². The Balaban J connectivity index is 0.000000240. The summed E-state index contributed by atoms with van der Waals surface area (Å²) in [7, 11) is 0. The standard InChI is InChI=1S/C7H4ClF2NO.C7H3ClF2O2/c2*8-4-2-5(9)3(7(11)12)1-6(4)10/h1-2H,(H2,11,12);1-2H,(H,11,12). The SMILES string of the molecule is NC(=O)c1cc(F)c(Cl)cc1F.O=C(O)c1cc(F)c(Cl)cc1F. The van der Waals surface area contributed by atoms with Crippen molar-refractivity contribution in [2.24, 2.45) is 5.73 Å². The maximum Gasteiger partial charge on any atom is 0.338 e. The summed E-state index contributed by atoms with van der Waals surface area (Å²) in [6.07, 6.45) is 0. The second-order valence-electron chi connectivity index (χ2n) is 4.16. The van der Waals surface area contributed by atoms with Crippen molar-refractivity contribution in [1.29, 1.82) is 0 Å². The first kappa shape index (κ1) is 19.7. The van der Waals surface area contributed by atoms with E-state index in [2.05, 4.69) is 0 Å². The van der Waals surface area contributed by atoms with Gasteiger partial charge in [-0.15, -0.1) is 0 Å². The Morgan fingerprint density at radius 1 is 0.792 bits per heavy atom. The van der Waals surface area contributed by atoms with Crippen molar-refractivity contribution in [3.05, 3.63) is 68.7 Å². The van der Waals surface area contributed by atoms with Gasteiger partial charge in [-0.1, -0.05) is 23.2 Å². The number of carboxylic acids is 1. The van der Waals surface area contributed by atoms with Crippen molar-refractivity contribution < 1.29 is 32.3 Å². The Labute approximate surface area is 142 Å². The molecular formula is C14H7Cl2F4NO3. The van der Waals surface area contributed by atoms with Crippen LogP contribution in [0.2, 0.25) is 10.0 Å². The van der Waals surface area contributed by atoms with Crippen molar-refractivity contribution in [2.45, 2.75) is 0 Å². The number of benzene rings is 2. The van der Waals surface area contributed by atoms with Gasteiger partial charge in [0.05, 0.1) is 21.2 Å². The average Bonchev–Trinajstić information content (AvgIpc) is 2.46. The van der Waals surface area contributed by atoms with Crippen molar-refractivity contribution in [1.82, 2.24) is 0 Å². The molecule has 0 saturated carbocycles. The summed E-state index contributed by atoms with van der Waals surface area (Å²) in [6, 6.07) is 2.54. The lowest BCUT2D eigenvalue weighted by atomic mass is 10.2. The Hall–Kier alpha value is -2.32. The van der Waals surface area contributed by atoms with Crippen LogP contribution < -0.4 is 5.73 Å². The zero-order valence-corrected chi connectivity index (χ0v) is 12.9. The molecule has 2 aromatic carbocycles. The van der Waals surface area contributed by atoms with Crippen LogP contribution in [-0.4, -0.2) is 17.0 Å². The van der Waals surface area contributed by atoms with E-state index in [-0.39, 0.29) is 5.02 Å². The van der Waals surface area contributed by atoms with Gasteiger partial charge < -0.3 is 10.8 Å². The molecule has 0 aliphatic heterocycles. The molecule has 0 bridgehead atoms. The minimum atomic E-state index is -1.52. The van der Waals surface area contributed by atoms with E-state index in [1.54, 1.807) is 0 Å². The van der Waals surface area contributed by atoms with Crippen LogP contribution in [0.4, 0.5) is 17.6 Å². The van der Waals surface area contributed by atoms with Crippen LogP contribution in [0.5, 0.6) is 0 Å². The molecule has 0 aliphatic carbocycles. The van der Waals surface area contributed by atoms with Crippen molar-refractivity contribution in [2.75, 3.05) is 0 Å². The highest BCUT2D eigenvalue weighted by Gasteiger charge is 2.14. The van der Waals surface area contributed by atoms with Crippen molar-refractivity contribution in [3.63, 3.8) is 0 Å². The molecule has 128 valence electrons. The number of rotatable bonds is 2. The zero-order chi connectivity index (χ0) is 18.6. The van der Waals surface area contributed by atoms with Crippen LogP contribution in [0, 0.1) is 23.3 Å². The molecule has 24 heavy (non-hydrogen) atoms. The monoisotopic (exact) mass is 383 g/mol. The highest BCUT2D eigenvalue weighted by molar-refractivity contribution is 6.31. The van der Waals surface area contributed by atoms with E-state index in [1.807, 2.05) is 0 Å². The van der Waals surface area contributed by atoms with E-state index < -0.39 is 51.3 Å². The summed E-state index contributed by atoms with van der Waals surface area (Å²) in [4.78, 5) is 20.7. The van der Waals surface area contributed by atoms with E-state index >= 15 is 0 Å². The lowest BCUT2D eigenvalue weighted by Gasteiger charge is -1.99. The molecule has 0 unspecified atom stereocenters. The van der Waals surface area contributed by atoms with E-state index in [4.69, 9.17) is 34.0 Å². The first-order valence-corrected chi connectivity index (χ1v) is 6.62. The quantitative estimate of drug-likeness (QED) is 0.606. The fraction of sp³-hybridized carbons (Fsp3) is 0. The third-order valence-electron chi connectivity index (χ3n) is 2.52. The summed E-state index contributed by atoms with van der Waals surface area (Å²) in [5.74, 6) is -6.34. The average molecular weight is 384 g/mol. The first-order chi connectivity index (χ1) is 11.0. The molecule has 3 N–H and O–H groups in total. The predicted octanol–water partition coefficient (Wildman–Crippen LogP) is 4.03. The number of hydrogen-bond donors (Lipinski definition) is 2. The summed E-state index contributed by atoms with van der Waals surface area (Å²) in [5, 5.41) is 7.52. The van der Waals surface area contributed by atoms with Gasteiger partial charge in [-0.2, -0.15) is 0 Å². The molecule has 2 aromatic rings. The summed E-state index contributed by atoms with van der Waals surface area (Å²) in [6.45, 7) is 0. The second kappa shape index (κ2) is 7.98. The molecule has 0 radical (unpaired) electrons. The molecule has 2 rings (SSSR count). The van der Waals surface area contributed by atoms with Gasteiger partial charge in [-0.05, 0) is 24.3 Å². The summed E-state index contributed by atoms with van der Waals surface area (Å²) < 4.78 is 50.5. The summed E-state index contributed by atoms with van der Waals surface area (Å²) >= 11 is 10.4. The number of carboxylic acid groups (broad SMARTS) is 1. The van der Waals surface area contributed by atoms with Crippen LogP contribution in [0.3, 0.4) is 0 Å². The Bertz CT molecular complexity index is 748. The maximum atomic E-state index is 12.7. The van der Waals surface area contributed by atoms with E-state index in [0.29, 0.717) is 24.3 Å². The zero-order valence-electron chi connectivity index (χ0n) is 11.4. The number of aromatic carboxylic acids is 1. The van der Waals surface area contributed by atoms with Gasteiger partial charge in [-0.3, -0.25) is 4.79 Å². The number of halogens is 6. The molecule has 4 nitrogen and oxygen atoms in total. The number of carbonyl (C=O) groups is 2. The predicted molar refractivity (Wildman–Crippen MR) is 78.2 cm³/mol. The van der Waals surface area contributed by atoms with Gasteiger partial charge in [0.1, 0.15) is 23.3 Å². The van der Waals surface area contributed by atoms with Gasteiger partial charge in [0.2, 0.25) is 0 Å². The first-order valence-electron chi connectivity index (χ1n) is 5.86. The molecule has 0 aliphatic rings. The number of nitrogens with two attached hydrogens (primary N) is 1. The summed E-state index contributed by atoms with van der Waals surface area (Å²) in [5.41, 5.74) is 3.52. The highest BCUT2D eigenvalue weighted by atomic mass is 35.5. The molecule has 1 amide bonds. The van der Waals surface area contributed by atoms with Crippen LogP contribution in [-0.2, 0) is 0 Å². The van der Waals surface area contributed by atoms with E-state index in [1.165, 1.54) is 0 Å².